The molecule has 0 spiro atoms. The van der Waals surface area contributed by atoms with Crippen molar-refractivity contribution in [3.63, 3.8) is 0 Å². The second-order valence-corrected chi connectivity index (χ2v) is 4.63. The molecular weight excluding hydrogens is 217 g/mol. The van der Waals surface area contributed by atoms with Crippen LogP contribution in [0.2, 0.25) is 0 Å². The minimum absolute atomic E-state index is 0.154. The van der Waals surface area contributed by atoms with Gasteiger partial charge in [-0.15, -0.1) is 0 Å². The van der Waals surface area contributed by atoms with E-state index in [9.17, 15) is 4.39 Å². The molecule has 1 fully saturated rings. The van der Waals surface area contributed by atoms with E-state index >= 15 is 0 Å². The van der Waals surface area contributed by atoms with Crippen LogP contribution in [0, 0.1) is 5.82 Å². The predicted molar refractivity (Wildman–Crippen MR) is 66.7 cm³/mol. The van der Waals surface area contributed by atoms with Gasteiger partial charge < -0.3 is 10.1 Å². The zero-order valence-electron chi connectivity index (χ0n) is 10.3. The molecule has 1 N–H and O–H groups in total. The Morgan fingerprint density at radius 1 is 1.35 bits per heavy atom. The summed E-state index contributed by atoms with van der Waals surface area (Å²) in [5.74, 6) is 0.117. The van der Waals surface area contributed by atoms with Crippen molar-refractivity contribution in [2.45, 2.75) is 44.8 Å². The molecule has 0 amide bonds. The number of nitrogens with one attached hydrogen (secondary N) is 1. The lowest BCUT2D eigenvalue weighted by atomic mass is 10.2. The molecule has 1 aromatic carbocycles. The summed E-state index contributed by atoms with van der Waals surface area (Å²) in [6.07, 6.45) is 4.42. The first-order valence-electron chi connectivity index (χ1n) is 6.44. The van der Waals surface area contributed by atoms with Crippen molar-refractivity contribution in [3.8, 4) is 5.75 Å². The Labute approximate surface area is 102 Å². The standard InChI is InChI=1S/C14H20FNO/c1-2-9-16-11-7-8-12(10-11)17-14-6-4-3-5-13(14)15/h3-6,11-12,16H,2,7-10H2,1H3. The highest BCUT2D eigenvalue weighted by atomic mass is 19.1. The van der Waals surface area contributed by atoms with E-state index in [1.165, 1.54) is 6.07 Å². The van der Waals surface area contributed by atoms with Crippen molar-refractivity contribution < 1.29 is 9.13 Å². The van der Waals surface area contributed by atoms with Crippen molar-refractivity contribution in [2.24, 2.45) is 0 Å². The van der Waals surface area contributed by atoms with Crippen molar-refractivity contribution in [1.29, 1.82) is 0 Å². The van der Waals surface area contributed by atoms with Crippen LogP contribution in [0.3, 0.4) is 0 Å². The van der Waals surface area contributed by atoms with Crippen molar-refractivity contribution in [3.05, 3.63) is 30.1 Å². The van der Waals surface area contributed by atoms with E-state index in [0.717, 1.165) is 32.2 Å². The first-order valence-corrected chi connectivity index (χ1v) is 6.44. The summed E-state index contributed by atoms with van der Waals surface area (Å²) >= 11 is 0. The monoisotopic (exact) mass is 237 g/mol. The molecule has 0 aliphatic heterocycles. The number of hydrogen-bond acceptors (Lipinski definition) is 2. The van der Waals surface area contributed by atoms with Gasteiger partial charge in [-0.05, 0) is 44.4 Å². The van der Waals surface area contributed by atoms with Gasteiger partial charge in [0.25, 0.3) is 0 Å². The molecule has 1 aliphatic carbocycles. The minimum atomic E-state index is -0.266. The lowest BCUT2D eigenvalue weighted by Crippen LogP contribution is -2.28. The third-order valence-corrected chi connectivity index (χ3v) is 3.20. The summed E-state index contributed by atoms with van der Waals surface area (Å²) < 4.78 is 19.1. The number of para-hydroxylation sites is 1. The zero-order chi connectivity index (χ0) is 12.1. The maximum atomic E-state index is 13.4. The Morgan fingerprint density at radius 2 is 2.18 bits per heavy atom. The summed E-state index contributed by atoms with van der Waals surface area (Å²) in [4.78, 5) is 0. The highest BCUT2D eigenvalue weighted by Crippen LogP contribution is 2.26. The van der Waals surface area contributed by atoms with E-state index in [4.69, 9.17) is 4.74 Å². The van der Waals surface area contributed by atoms with Gasteiger partial charge in [0.2, 0.25) is 0 Å². The van der Waals surface area contributed by atoms with Gasteiger partial charge in [0.15, 0.2) is 11.6 Å². The van der Waals surface area contributed by atoms with Crippen LogP contribution in [0.25, 0.3) is 0 Å². The number of hydrogen-bond donors (Lipinski definition) is 1. The fraction of sp³-hybridized carbons (Fsp3) is 0.571. The molecule has 0 aromatic heterocycles. The van der Waals surface area contributed by atoms with Gasteiger partial charge in [0.1, 0.15) is 6.10 Å². The van der Waals surface area contributed by atoms with E-state index in [1.54, 1.807) is 18.2 Å². The summed E-state index contributed by atoms with van der Waals surface area (Å²) in [5.41, 5.74) is 0. The van der Waals surface area contributed by atoms with Gasteiger partial charge in [0, 0.05) is 6.04 Å². The summed E-state index contributed by atoms with van der Waals surface area (Å²) in [6.45, 7) is 3.21. The van der Waals surface area contributed by atoms with Crippen LogP contribution in [0.5, 0.6) is 5.75 Å². The smallest absolute Gasteiger partial charge is 0.165 e. The normalized spacial score (nSPS) is 23.9. The number of benzene rings is 1. The SMILES string of the molecule is CCCNC1CCC(Oc2ccccc2F)C1. The average molecular weight is 237 g/mol. The second-order valence-electron chi connectivity index (χ2n) is 4.63. The molecule has 0 saturated heterocycles. The van der Waals surface area contributed by atoms with Crippen molar-refractivity contribution in [2.75, 3.05) is 6.54 Å². The van der Waals surface area contributed by atoms with Crippen LogP contribution in [0.4, 0.5) is 4.39 Å². The molecule has 3 heteroatoms. The quantitative estimate of drug-likeness (QED) is 0.849. The van der Waals surface area contributed by atoms with E-state index in [1.807, 2.05) is 0 Å². The van der Waals surface area contributed by atoms with Crippen LogP contribution < -0.4 is 10.1 Å². The summed E-state index contributed by atoms with van der Waals surface area (Å²) in [5, 5.41) is 3.49. The van der Waals surface area contributed by atoms with Crippen LogP contribution in [0.15, 0.2) is 24.3 Å². The average Bonchev–Trinajstić information content (AvgIpc) is 2.77. The molecule has 0 bridgehead atoms. The van der Waals surface area contributed by atoms with Crippen molar-refractivity contribution >= 4 is 0 Å². The molecule has 1 aliphatic rings. The van der Waals surface area contributed by atoms with Gasteiger partial charge in [0.05, 0.1) is 0 Å². The summed E-state index contributed by atoms with van der Waals surface area (Å²) in [6, 6.07) is 7.16. The molecule has 0 heterocycles. The summed E-state index contributed by atoms with van der Waals surface area (Å²) in [7, 11) is 0. The van der Waals surface area contributed by atoms with Crippen LogP contribution in [-0.2, 0) is 0 Å². The zero-order valence-corrected chi connectivity index (χ0v) is 10.3. The maximum Gasteiger partial charge on any atom is 0.165 e. The van der Waals surface area contributed by atoms with Gasteiger partial charge >= 0.3 is 0 Å². The van der Waals surface area contributed by atoms with Crippen LogP contribution in [0.1, 0.15) is 32.6 Å². The lowest BCUT2D eigenvalue weighted by Gasteiger charge is -2.15. The Hall–Kier alpha value is -1.09. The second kappa shape index (κ2) is 6.01. The van der Waals surface area contributed by atoms with E-state index in [0.29, 0.717) is 11.8 Å². The van der Waals surface area contributed by atoms with E-state index in [-0.39, 0.29) is 11.9 Å². The van der Waals surface area contributed by atoms with Crippen molar-refractivity contribution in [1.82, 2.24) is 5.32 Å². The molecule has 2 unspecified atom stereocenters. The number of halogens is 1. The largest absolute Gasteiger partial charge is 0.487 e. The van der Waals surface area contributed by atoms with E-state index in [2.05, 4.69) is 12.2 Å². The van der Waals surface area contributed by atoms with Gasteiger partial charge in [-0.1, -0.05) is 19.1 Å². The van der Waals surface area contributed by atoms with Gasteiger partial charge in [-0.2, -0.15) is 0 Å². The molecule has 2 nitrogen and oxygen atoms in total. The lowest BCUT2D eigenvalue weighted by molar-refractivity contribution is 0.197. The number of ether oxygens (including phenoxy) is 1. The van der Waals surface area contributed by atoms with Crippen LogP contribution in [-0.4, -0.2) is 18.7 Å². The minimum Gasteiger partial charge on any atom is -0.487 e. The third-order valence-electron chi connectivity index (χ3n) is 3.20. The molecule has 1 saturated carbocycles. The Balaban J connectivity index is 1.83. The Bertz CT molecular complexity index is 356. The van der Waals surface area contributed by atoms with Crippen LogP contribution >= 0.6 is 0 Å². The molecule has 17 heavy (non-hydrogen) atoms. The molecule has 2 rings (SSSR count). The number of rotatable bonds is 5. The Kier molecular flexibility index (Phi) is 4.37. The highest BCUT2D eigenvalue weighted by molar-refractivity contribution is 5.24. The fourth-order valence-corrected chi connectivity index (χ4v) is 2.30. The van der Waals surface area contributed by atoms with Gasteiger partial charge in [-0.25, -0.2) is 4.39 Å². The molecule has 94 valence electrons. The molecule has 2 atom stereocenters. The first kappa shape index (κ1) is 12.4. The topological polar surface area (TPSA) is 21.3 Å². The fourth-order valence-electron chi connectivity index (χ4n) is 2.30. The maximum absolute atomic E-state index is 13.4. The van der Waals surface area contributed by atoms with Gasteiger partial charge in [-0.3, -0.25) is 0 Å². The third kappa shape index (κ3) is 3.43. The Morgan fingerprint density at radius 3 is 2.94 bits per heavy atom. The molecule has 1 aromatic rings. The molecule has 0 radical (unpaired) electrons. The predicted octanol–water partition coefficient (Wildman–Crippen LogP) is 3.13. The first-order chi connectivity index (χ1) is 8.29. The molecular formula is C14H20FNO. The highest BCUT2D eigenvalue weighted by Gasteiger charge is 2.26. The van der Waals surface area contributed by atoms with E-state index < -0.39 is 0 Å².